The summed E-state index contributed by atoms with van der Waals surface area (Å²) in [4.78, 5) is 14.2. The third-order valence-corrected chi connectivity index (χ3v) is 3.52. The number of carbonyl (C=O) groups is 1. The van der Waals surface area contributed by atoms with Gasteiger partial charge in [0.15, 0.2) is 0 Å². The van der Waals surface area contributed by atoms with E-state index in [9.17, 15) is 9.18 Å². The van der Waals surface area contributed by atoms with Crippen LogP contribution in [-0.2, 0) is 13.5 Å². The molecule has 4 heteroatoms. The summed E-state index contributed by atoms with van der Waals surface area (Å²) < 4.78 is 15.6. The number of rotatable bonds is 1. The lowest BCUT2D eigenvalue weighted by molar-refractivity contribution is 0.0985. The second-order valence-electron chi connectivity index (χ2n) is 4.86. The summed E-state index contributed by atoms with van der Waals surface area (Å²) in [5, 5.41) is 0. The Labute approximate surface area is 111 Å². The van der Waals surface area contributed by atoms with Gasteiger partial charge in [0.05, 0.1) is 11.3 Å². The van der Waals surface area contributed by atoms with Crippen molar-refractivity contribution in [1.29, 1.82) is 0 Å². The van der Waals surface area contributed by atoms with Gasteiger partial charge in [0.25, 0.3) is 5.91 Å². The molecule has 2 aromatic rings. The number of halogens is 1. The summed E-state index contributed by atoms with van der Waals surface area (Å²) in [5.74, 6) is -0.282. The normalized spacial score (nSPS) is 14.3. The van der Waals surface area contributed by atoms with Crippen LogP contribution in [0.5, 0.6) is 0 Å². The standard InChI is InChI=1S/C15H15FN2O/c1-17-9-7-11(10-17)15(19)18-8-3-4-12-13(16)5-2-6-14(12)18/h2,5-7,9-10H,3-4,8H2,1H3. The number of hydrogen-bond acceptors (Lipinski definition) is 1. The van der Waals surface area contributed by atoms with E-state index in [0.717, 1.165) is 6.42 Å². The Morgan fingerprint density at radius 2 is 2.16 bits per heavy atom. The molecule has 0 saturated heterocycles. The predicted molar refractivity (Wildman–Crippen MR) is 71.8 cm³/mol. The molecule has 0 saturated carbocycles. The number of fused-ring (bicyclic) bond motifs is 1. The van der Waals surface area contributed by atoms with Crippen LogP contribution in [0.3, 0.4) is 0 Å². The van der Waals surface area contributed by atoms with E-state index < -0.39 is 0 Å². The van der Waals surface area contributed by atoms with Crippen LogP contribution in [0.2, 0.25) is 0 Å². The highest BCUT2D eigenvalue weighted by molar-refractivity contribution is 6.06. The Bertz CT molecular complexity index is 633. The fraction of sp³-hybridized carbons (Fsp3) is 0.267. The van der Waals surface area contributed by atoms with Crippen LogP contribution >= 0.6 is 0 Å². The Kier molecular flexibility index (Phi) is 2.85. The molecular formula is C15H15FN2O. The summed E-state index contributed by atoms with van der Waals surface area (Å²) in [6, 6.07) is 6.72. The molecule has 2 heterocycles. The van der Waals surface area contributed by atoms with Gasteiger partial charge in [-0.3, -0.25) is 4.79 Å². The first-order chi connectivity index (χ1) is 9.16. The zero-order valence-corrected chi connectivity index (χ0v) is 10.8. The lowest BCUT2D eigenvalue weighted by Crippen LogP contribution is -2.35. The highest BCUT2D eigenvalue weighted by atomic mass is 19.1. The van der Waals surface area contributed by atoms with Crippen molar-refractivity contribution in [3.8, 4) is 0 Å². The van der Waals surface area contributed by atoms with Crippen LogP contribution in [0, 0.1) is 5.82 Å². The van der Waals surface area contributed by atoms with Gasteiger partial charge in [-0.2, -0.15) is 0 Å². The highest BCUT2D eigenvalue weighted by Crippen LogP contribution is 2.30. The molecular weight excluding hydrogens is 243 g/mol. The van der Waals surface area contributed by atoms with Crippen LogP contribution in [0.15, 0.2) is 36.7 Å². The van der Waals surface area contributed by atoms with Crippen LogP contribution in [0.1, 0.15) is 22.3 Å². The molecule has 0 unspecified atom stereocenters. The molecule has 0 spiro atoms. The van der Waals surface area contributed by atoms with E-state index in [1.807, 2.05) is 23.9 Å². The zero-order valence-electron chi connectivity index (χ0n) is 10.8. The van der Waals surface area contributed by atoms with Gasteiger partial charge >= 0.3 is 0 Å². The molecule has 1 aromatic heterocycles. The highest BCUT2D eigenvalue weighted by Gasteiger charge is 2.25. The van der Waals surface area contributed by atoms with Gasteiger partial charge in [0.1, 0.15) is 5.82 Å². The number of anilines is 1. The molecule has 1 amide bonds. The van der Waals surface area contributed by atoms with Crippen molar-refractivity contribution in [3.05, 3.63) is 53.6 Å². The van der Waals surface area contributed by atoms with Crippen molar-refractivity contribution >= 4 is 11.6 Å². The molecule has 3 rings (SSSR count). The number of carbonyl (C=O) groups excluding carboxylic acids is 1. The first-order valence-electron chi connectivity index (χ1n) is 6.38. The number of aryl methyl sites for hydroxylation is 1. The number of benzene rings is 1. The van der Waals surface area contributed by atoms with Crippen LogP contribution in [0.25, 0.3) is 0 Å². The molecule has 0 atom stereocenters. The van der Waals surface area contributed by atoms with E-state index in [-0.39, 0.29) is 11.7 Å². The minimum Gasteiger partial charge on any atom is -0.356 e. The first kappa shape index (κ1) is 12.0. The van der Waals surface area contributed by atoms with Crippen molar-refractivity contribution in [1.82, 2.24) is 4.57 Å². The summed E-state index contributed by atoms with van der Waals surface area (Å²) in [5.41, 5.74) is 2.00. The summed E-state index contributed by atoms with van der Waals surface area (Å²) in [6.07, 6.45) is 5.12. The van der Waals surface area contributed by atoms with E-state index in [0.29, 0.717) is 29.8 Å². The molecule has 0 radical (unpaired) electrons. The van der Waals surface area contributed by atoms with Crippen LogP contribution in [0.4, 0.5) is 10.1 Å². The van der Waals surface area contributed by atoms with Crippen molar-refractivity contribution in [2.75, 3.05) is 11.4 Å². The lowest BCUT2D eigenvalue weighted by Gasteiger charge is -2.29. The molecule has 0 aliphatic carbocycles. The third kappa shape index (κ3) is 2.03. The van der Waals surface area contributed by atoms with Gasteiger partial charge in [-0.05, 0) is 31.0 Å². The second kappa shape index (κ2) is 4.53. The SMILES string of the molecule is Cn1ccc(C(=O)N2CCCc3c(F)cccc32)c1. The maximum Gasteiger partial charge on any atom is 0.259 e. The largest absolute Gasteiger partial charge is 0.356 e. The van der Waals surface area contributed by atoms with Crippen molar-refractivity contribution in [3.63, 3.8) is 0 Å². The number of nitrogens with zero attached hydrogens (tertiary/aromatic N) is 2. The Balaban J connectivity index is 2.00. The smallest absolute Gasteiger partial charge is 0.259 e. The molecule has 0 fully saturated rings. The molecule has 1 aliphatic rings. The maximum atomic E-state index is 13.8. The second-order valence-corrected chi connectivity index (χ2v) is 4.86. The van der Waals surface area contributed by atoms with Crippen LogP contribution < -0.4 is 4.90 Å². The van der Waals surface area contributed by atoms with Gasteiger partial charge in [0, 0.05) is 31.5 Å². The van der Waals surface area contributed by atoms with Crippen molar-refractivity contribution < 1.29 is 9.18 Å². The molecule has 1 aliphatic heterocycles. The van der Waals surface area contributed by atoms with Crippen LogP contribution in [-0.4, -0.2) is 17.0 Å². The van der Waals surface area contributed by atoms with Gasteiger partial charge in [-0.25, -0.2) is 4.39 Å². The lowest BCUT2D eigenvalue weighted by atomic mass is 10.0. The monoisotopic (exact) mass is 258 g/mol. The molecule has 0 N–H and O–H groups in total. The van der Waals surface area contributed by atoms with Crippen molar-refractivity contribution in [2.24, 2.45) is 7.05 Å². The third-order valence-electron chi connectivity index (χ3n) is 3.52. The summed E-state index contributed by atoms with van der Waals surface area (Å²) in [7, 11) is 1.88. The van der Waals surface area contributed by atoms with Gasteiger partial charge in [-0.1, -0.05) is 6.07 Å². The van der Waals surface area contributed by atoms with Gasteiger partial charge in [-0.15, -0.1) is 0 Å². The summed E-state index contributed by atoms with van der Waals surface area (Å²) >= 11 is 0. The minimum absolute atomic E-state index is 0.0628. The Morgan fingerprint density at radius 3 is 2.89 bits per heavy atom. The van der Waals surface area contributed by atoms with Gasteiger partial charge in [0.2, 0.25) is 0 Å². The number of amides is 1. The molecule has 98 valence electrons. The zero-order chi connectivity index (χ0) is 13.4. The average molecular weight is 258 g/mol. The molecule has 3 nitrogen and oxygen atoms in total. The van der Waals surface area contributed by atoms with E-state index in [1.54, 1.807) is 23.2 Å². The fourth-order valence-electron chi connectivity index (χ4n) is 2.58. The molecule has 0 bridgehead atoms. The maximum absolute atomic E-state index is 13.8. The first-order valence-corrected chi connectivity index (χ1v) is 6.38. The topological polar surface area (TPSA) is 25.2 Å². The predicted octanol–water partition coefficient (Wildman–Crippen LogP) is 2.76. The quantitative estimate of drug-likeness (QED) is 0.772. The van der Waals surface area contributed by atoms with E-state index >= 15 is 0 Å². The van der Waals surface area contributed by atoms with Crippen molar-refractivity contribution in [2.45, 2.75) is 12.8 Å². The molecule has 19 heavy (non-hydrogen) atoms. The van der Waals surface area contributed by atoms with E-state index in [2.05, 4.69) is 0 Å². The minimum atomic E-state index is -0.219. The number of hydrogen-bond donors (Lipinski definition) is 0. The van der Waals surface area contributed by atoms with Gasteiger partial charge < -0.3 is 9.47 Å². The van der Waals surface area contributed by atoms with E-state index in [1.165, 1.54) is 6.07 Å². The summed E-state index contributed by atoms with van der Waals surface area (Å²) in [6.45, 7) is 0.643. The van der Waals surface area contributed by atoms with E-state index in [4.69, 9.17) is 0 Å². The molecule has 1 aromatic carbocycles. The fourth-order valence-corrected chi connectivity index (χ4v) is 2.58. The average Bonchev–Trinajstić information content (AvgIpc) is 2.85. The Morgan fingerprint density at radius 1 is 1.32 bits per heavy atom. The Hall–Kier alpha value is -2.10. The number of aromatic nitrogens is 1.